The second-order valence-corrected chi connectivity index (χ2v) is 5.03. The lowest BCUT2D eigenvalue weighted by molar-refractivity contribution is -0.379. The topological polar surface area (TPSA) is 0 Å². The zero-order chi connectivity index (χ0) is 5.33. The molecular weight excluding hydrogens is 108 g/mol. The summed E-state index contributed by atoms with van der Waals surface area (Å²) in [5.41, 5.74) is 0. The van der Waals surface area contributed by atoms with Gasteiger partial charge in [0.2, 0.25) is 0 Å². The van der Waals surface area contributed by atoms with Crippen molar-refractivity contribution in [2.24, 2.45) is 47.3 Å². The van der Waals surface area contributed by atoms with Gasteiger partial charge in [0.1, 0.15) is 0 Å². The Morgan fingerprint density at radius 3 is 1.33 bits per heavy atom. The van der Waals surface area contributed by atoms with Crippen LogP contribution < -0.4 is 0 Å². The molecule has 0 N–H and O–H groups in total. The molecule has 4 unspecified atom stereocenters. The van der Waals surface area contributed by atoms with E-state index in [2.05, 4.69) is 0 Å². The van der Waals surface area contributed by atoms with Crippen molar-refractivity contribution >= 4 is 0 Å². The maximum atomic E-state index is 1.68. The van der Waals surface area contributed by atoms with Crippen molar-refractivity contribution in [2.45, 2.75) is 6.42 Å². The molecule has 6 rings (SSSR count). The third kappa shape index (κ3) is 0.125. The summed E-state index contributed by atoms with van der Waals surface area (Å²) in [4.78, 5) is 0. The lowest BCUT2D eigenvalue weighted by atomic mass is 9.20. The molecule has 46 valence electrons. The van der Waals surface area contributed by atoms with Gasteiger partial charge >= 0.3 is 0 Å². The van der Waals surface area contributed by atoms with Crippen molar-refractivity contribution < 1.29 is 0 Å². The number of rotatable bonds is 0. The number of hydrogen-bond acceptors (Lipinski definition) is 0. The van der Waals surface area contributed by atoms with Crippen LogP contribution in [0.25, 0.3) is 0 Å². The van der Waals surface area contributed by atoms with E-state index in [1.54, 1.807) is 6.42 Å². The molecule has 6 aliphatic rings. The Bertz CT molecular complexity index is 175. The van der Waals surface area contributed by atoms with Crippen molar-refractivity contribution in [3.05, 3.63) is 0 Å². The van der Waals surface area contributed by atoms with Crippen LogP contribution in [0.15, 0.2) is 0 Å². The summed E-state index contributed by atoms with van der Waals surface area (Å²) < 4.78 is 0. The van der Waals surface area contributed by atoms with Crippen LogP contribution in [-0.2, 0) is 0 Å². The molecule has 0 saturated heterocycles. The summed E-state index contributed by atoms with van der Waals surface area (Å²) in [6, 6.07) is 0. The molecule has 0 spiro atoms. The first kappa shape index (κ1) is 3.41. The summed E-state index contributed by atoms with van der Waals surface area (Å²) in [6.07, 6.45) is 1.68. The zero-order valence-electron chi connectivity index (χ0n) is 5.33. The molecule has 0 aromatic heterocycles. The van der Waals surface area contributed by atoms with E-state index < -0.39 is 0 Å². The predicted molar refractivity (Wildman–Crippen MR) is 32.5 cm³/mol. The largest absolute Gasteiger partial charge is 0.0464 e. The standard InChI is InChI=1S/C9H10/c1-2-4-6-3(1)7-5(2)8(4)9(6)7/h2-9H,1H2. The van der Waals surface area contributed by atoms with E-state index in [4.69, 9.17) is 0 Å². The lowest BCUT2D eigenvalue weighted by Gasteiger charge is -2.84. The van der Waals surface area contributed by atoms with E-state index in [-0.39, 0.29) is 0 Å². The van der Waals surface area contributed by atoms with Crippen LogP contribution in [-0.4, -0.2) is 0 Å². The van der Waals surface area contributed by atoms with Gasteiger partial charge in [-0.3, -0.25) is 0 Å². The van der Waals surface area contributed by atoms with E-state index >= 15 is 0 Å². The highest BCUT2D eigenvalue weighted by molar-refractivity contribution is 5.37. The summed E-state index contributed by atoms with van der Waals surface area (Å²) in [5, 5.41) is 0. The highest BCUT2D eigenvalue weighted by atomic mass is 14.9. The molecule has 0 aromatic carbocycles. The average molecular weight is 118 g/mol. The Morgan fingerprint density at radius 1 is 0.556 bits per heavy atom. The molecule has 0 heterocycles. The van der Waals surface area contributed by atoms with Crippen molar-refractivity contribution in [3.63, 3.8) is 0 Å². The Labute approximate surface area is 54.6 Å². The van der Waals surface area contributed by atoms with Crippen LogP contribution in [0.2, 0.25) is 0 Å². The molecule has 2 bridgehead atoms. The van der Waals surface area contributed by atoms with Crippen LogP contribution in [0.3, 0.4) is 0 Å². The molecule has 0 aromatic rings. The summed E-state index contributed by atoms with van der Waals surface area (Å²) in [6.45, 7) is 0. The van der Waals surface area contributed by atoms with Gasteiger partial charge in [0.05, 0.1) is 0 Å². The minimum absolute atomic E-state index is 1.29. The zero-order valence-corrected chi connectivity index (χ0v) is 5.33. The van der Waals surface area contributed by atoms with Crippen molar-refractivity contribution in [3.8, 4) is 0 Å². The molecule has 6 saturated carbocycles. The first-order valence-electron chi connectivity index (χ1n) is 4.48. The summed E-state index contributed by atoms with van der Waals surface area (Å²) in [7, 11) is 0. The molecule has 6 aliphatic carbocycles. The molecule has 0 aliphatic heterocycles. The Morgan fingerprint density at radius 2 is 1.00 bits per heavy atom. The molecule has 0 heteroatoms. The van der Waals surface area contributed by atoms with E-state index in [0.29, 0.717) is 0 Å². The van der Waals surface area contributed by atoms with E-state index in [9.17, 15) is 0 Å². The molecule has 0 radical (unpaired) electrons. The Balaban J connectivity index is 1.96. The molecule has 9 heavy (non-hydrogen) atoms. The van der Waals surface area contributed by atoms with Gasteiger partial charge in [-0.2, -0.15) is 0 Å². The van der Waals surface area contributed by atoms with Crippen molar-refractivity contribution in [1.29, 1.82) is 0 Å². The Hall–Kier alpha value is 0. The monoisotopic (exact) mass is 118 g/mol. The van der Waals surface area contributed by atoms with Crippen LogP contribution in [0.5, 0.6) is 0 Å². The van der Waals surface area contributed by atoms with Crippen LogP contribution in [0.4, 0.5) is 0 Å². The van der Waals surface area contributed by atoms with E-state index in [1.807, 2.05) is 0 Å². The normalized spacial score (nSPS) is 98.7. The Kier molecular flexibility index (Phi) is 0.238. The van der Waals surface area contributed by atoms with Crippen LogP contribution in [0.1, 0.15) is 6.42 Å². The highest BCUT2D eigenvalue weighted by Gasteiger charge is 2.90. The third-order valence-corrected chi connectivity index (χ3v) is 5.63. The van der Waals surface area contributed by atoms with Gasteiger partial charge in [-0.05, 0) is 53.8 Å². The molecule has 0 amide bonds. The molecular formula is C9H10. The minimum atomic E-state index is 1.29. The highest BCUT2D eigenvalue weighted by Crippen LogP contribution is 2.94. The maximum Gasteiger partial charge on any atom is -0.0312 e. The fourth-order valence-corrected chi connectivity index (χ4v) is 5.72. The van der Waals surface area contributed by atoms with Gasteiger partial charge in [0.25, 0.3) is 0 Å². The maximum absolute atomic E-state index is 1.68. The molecule has 4 atom stereocenters. The van der Waals surface area contributed by atoms with E-state index in [1.165, 1.54) is 47.3 Å². The second kappa shape index (κ2) is 0.627. The lowest BCUT2D eigenvalue weighted by Crippen LogP contribution is -2.81. The van der Waals surface area contributed by atoms with Gasteiger partial charge in [0, 0.05) is 0 Å². The minimum Gasteiger partial charge on any atom is -0.0464 e. The molecule has 0 nitrogen and oxygen atoms in total. The SMILES string of the molecule is C1C2C3C4C1C1C2C3C41. The smallest absolute Gasteiger partial charge is 0.0312 e. The van der Waals surface area contributed by atoms with Gasteiger partial charge in [-0.1, -0.05) is 0 Å². The first-order valence-corrected chi connectivity index (χ1v) is 4.48. The van der Waals surface area contributed by atoms with Crippen LogP contribution >= 0.6 is 0 Å². The quantitative estimate of drug-likeness (QED) is 0.450. The van der Waals surface area contributed by atoms with Crippen molar-refractivity contribution in [2.75, 3.05) is 0 Å². The second-order valence-electron chi connectivity index (χ2n) is 5.03. The van der Waals surface area contributed by atoms with Gasteiger partial charge < -0.3 is 0 Å². The first-order chi connectivity index (χ1) is 4.48. The van der Waals surface area contributed by atoms with E-state index in [0.717, 1.165) is 0 Å². The average Bonchev–Trinajstić information content (AvgIpc) is 2.12. The van der Waals surface area contributed by atoms with Crippen LogP contribution in [0, 0.1) is 47.3 Å². The fourth-order valence-electron chi connectivity index (χ4n) is 5.72. The fraction of sp³-hybridized carbons (Fsp3) is 1.00. The van der Waals surface area contributed by atoms with Gasteiger partial charge in [-0.15, -0.1) is 0 Å². The number of hydrogen-bond donors (Lipinski definition) is 0. The predicted octanol–water partition coefficient (Wildman–Crippen LogP) is 1.37. The summed E-state index contributed by atoms with van der Waals surface area (Å²) in [5.74, 6) is 10.5. The molecule has 6 fully saturated rings. The van der Waals surface area contributed by atoms with Gasteiger partial charge in [-0.25, -0.2) is 0 Å². The third-order valence-electron chi connectivity index (χ3n) is 5.63. The summed E-state index contributed by atoms with van der Waals surface area (Å²) >= 11 is 0. The van der Waals surface area contributed by atoms with Crippen molar-refractivity contribution in [1.82, 2.24) is 0 Å². The van der Waals surface area contributed by atoms with Gasteiger partial charge in [0.15, 0.2) is 0 Å².